The summed E-state index contributed by atoms with van der Waals surface area (Å²) >= 11 is 12.6. The molecule has 2 aromatic carbocycles. The van der Waals surface area contributed by atoms with Crippen molar-refractivity contribution >= 4 is 37.4 Å². The summed E-state index contributed by atoms with van der Waals surface area (Å²) in [5, 5.41) is 14.4. The molecule has 2 saturated heterocycles. The molecule has 1 amide bonds. The van der Waals surface area contributed by atoms with Gasteiger partial charge in [-0.15, -0.1) is 0 Å². The van der Waals surface area contributed by atoms with E-state index in [9.17, 15) is 10.1 Å². The maximum absolute atomic E-state index is 16.4. The van der Waals surface area contributed by atoms with Crippen molar-refractivity contribution in [2.24, 2.45) is 5.41 Å². The predicted octanol–water partition coefficient (Wildman–Crippen LogP) is 8.99. The Morgan fingerprint density at radius 2 is 1.82 bits per heavy atom. The molecule has 0 radical (unpaired) electrons. The number of hydrogen-bond donors (Lipinski definition) is 1. The van der Waals surface area contributed by atoms with Gasteiger partial charge < -0.3 is 19.2 Å². The Morgan fingerprint density at radius 1 is 1.14 bits per heavy atom. The third-order valence-electron chi connectivity index (χ3n) is 10.5. The molecule has 50 heavy (non-hydrogen) atoms. The topological polar surface area (TPSA) is 83.8 Å². The molecule has 2 aliphatic rings. The van der Waals surface area contributed by atoms with Crippen LogP contribution >= 0.6 is 23.2 Å². The fourth-order valence-corrected chi connectivity index (χ4v) is 8.47. The molecule has 0 aromatic heterocycles. The van der Waals surface area contributed by atoms with Crippen LogP contribution in [-0.2, 0) is 24.1 Å². The first-order chi connectivity index (χ1) is 23.0. The summed E-state index contributed by atoms with van der Waals surface area (Å²) in [5.74, 6) is -3.74. The van der Waals surface area contributed by atoms with Gasteiger partial charge in [0.05, 0.1) is 29.8 Å². The summed E-state index contributed by atoms with van der Waals surface area (Å²) in [5.41, 5.74) is -2.01. The van der Waals surface area contributed by atoms with Crippen molar-refractivity contribution in [2.45, 2.75) is 122 Å². The molecule has 0 bridgehead atoms. The lowest BCUT2D eigenvalue weighted by Crippen LogP contribution is -2.51. The molecule has 276 valence electrons. The van der Waals surface area contributed by atoms with Crippen LogP contribution in [-0.4, -0.2) is 69.4 Å². The zero-order chi connectivity index (χ0) is 37.4. The lowest BCUT2D eigenvalue weighted by Gasteiger charge is -2.40. The minimum Gasteiger partial charge on any atom is -0.416 e. The minimum absolute atomic E-state index is 0.0485. The monoisotopic (exact) mass is 751 g/mol. The molecule has 12 heteroatoms. The second-order valence-electron chi connectivity index (χ2n) is 16.8. The van der Waals surface area contributed by atoms with Crippen LogP contribution in [0.25, 0.3) is 0 Å². The zero-order valence-electron chi connectivity index (χ0n) is 31.1. The first-order valence-electron chi connectivity index (χ1n) is 17.3. The number of amides is 1. The molecule has 0 spiro atoms. The van der Waals surface area contributed by atoms with Crippen LogP contribution in [0.3, 0.4) is 0 Å². The second-order valence-corrected chi connectivity index (χ2v) is 22.5. The molecule has 7 nitrogen and oxygen atoms in total. The molecule has 2 aliphatic heterocycles. The van der Waals surface area contributed by atoms with Crippen molar-refractivity contribution < 1.29 is 27.5 Å². The van der Waals surface area contributed by atoms with Gasteiger partial charge in [-0.1, -0.05) is 82.9 Å². The Morgan fingerprint density at radius 3 is 2.38 bits per heavy atom. The van der Waals surface area contributed by atoms with E-state index in [1.165, 1.54) is 24.3 Å². The third kappa shape index (κ3) is 8.57. The Kier molecular flexibility index (Phi) is 12.3. The van der Waals surface area contributed by atoms with Gasteiger partial charge in [-0.3, -0.25) is 9.69 Å². The number of ether oxygens (including phenoxy) is 2. The van der Waals surface area contributed by atoms with E-state index in [2.05, 4.69) is 45.3 Å². The lowest BCUT2D eigenvalue weighted by molar-refractivity contribution is -0.139. The molecular weight excluding hydrogens is 699 g/mol. The fraction of sp³-hybridized carbons (Fsp3) is 0.632. The first kappa shape index (κ1) is 40.7. The highest BCUT2D eigenvalue weighted by Gasteiger charge is 2.64. The zero-order valence-corrected chi connectivity index (χ0v) is 33.6. The van der Waals surface area contributed by atoms with Crippen LogP contribution in [0, 0.1) is 28.4 Å². The maximum Gasteiger partial charge on any atom is 0.238 e. The summed E-state index contributed by atoms with van der Waals surface area (Å²) in [6, 6.07) is 9.41. The van der Waals surface area contributed by atoms with Crippen LogP contribution in [0.4, 0.5) is 8.78 Å². The number of benzene rings is 2. The highest BCUT2D eigenvalue weighted by atomic mass is 35.5. The van der Waals surface area contributed by atoms with Gasteiger partial charge in [0.2, 0.25) is 5.91 Å². The normalized spacial score (nSPS) is 25.9. The molecule has 0 saturated carbocycles. The van der Waals surface area contributed by atoms with Crippen molar-refractivity contribution in [2.75, 3.05) is 26.3 Å². The SMILES string of the molecule is CC(C)(C)CC1N(CCO[Si](C)(C)C(C)(C)C)C(C(=O)NCC[C@H]2COC(C)(C)O2)C(c2cccc(Cl)c2F)C1(C#N)c1ccc(Cl)cc1F. The third-order valence-corrected chi connectivity index (χ3v) is 15.6. The van der Waals surface area contributed by atoms with Crippen molar-refractivity contribution in [1.82, 2.24) is 10.2 Å². The summed E-state index contributed by atoms with van der Waals surface area (Å²) in [6.45, 7) is 21.7. The molecule has 2 aromatic rings. The van der Waals surface area contributed by atoms with E-state index in [4.69, 9.17) is 37.1 Å². The Bertz CT molecular complexity index is 1590. The van der Waals surface area contributed by atoms with Gasteiger partial charge in [0, 0.05) is 42.2 Å². The van der Waals surface area contributed by atoms with Gasteiger partial charge in [0.1, 0.15) is 17.0 Å². The van der Waals surface area contributed by atoms with Gasteiger partial charge in [-0.2, -0.15) is 5.26 Å². The first-order valence-corrected chi connectivity index (χ1v) is 21.0. The molecule has 4 rings (SSSR count). The summed E-state index contributed by atoms with van der Waals surface area (Å²) < 4.78 is 51.0. The second kappa shape index (κ2) is 15.1. The number of nitrogens with zero attached hydrogens (tertiary/aromatic N) is 2. The lowest BCUT2D eigenvalue weighted by atomic mass is 9.62. The minimum atomic E-state index is -2.23. The number of nitriles is 1. The van der Waals surface area contributed by atoms with Gasteiger partial charge in [-0.05, 0) is 74.0 Å². The van der Waals surface area contributed by atoms with Crippen LogP contribution < -0.4 is 5.32 Å². The summed E-state index contributed by atoms with van der Waals surface area (Å²) in [6.07, 6.45) is 0.639. The highest BCUT2D eigenvalue weighted by Crippen LogP contribution is 2.56. The number of carbonyl (C=O) groups is 1. The average molecular weight is 753 g/mol. The molecule has 2 fully saturated rings. The van der Waals surface area contributed by atoms with E-state index in [1.54, 1.807) is 12.1 Å². The van der Waals surface area contributed by atoms with Gasteiger partial charge in [0.15, 0.2) is 14.1 Å². The molecule has 4 unspecified atom stereocenters. The molecule has 0 aliphatic carbocycles. The van der Waals surface area contributed by atoms with Gasteiger partial charge in [-0.25, -0.2) is 8.78 Å². The highest BCUT2D eigenvalue weighted by molar-refractivity contribution is 6.74. The number of likely N-dealkylation sites (tertiary alicyclic amines) is 1. The molecule has 5 atom stereocenters. The summed E-state index contributed by atoms with van der Waals surface area (Å²) in [7, 11) is -2.23. The van der Waals surface area contributed by atoms with Crippen LogP contribution in [0.2, 0.25) is 28.2 Å². The number of rotatable bonds is 11. The Hall–Kier alpha value is -2.10. The smallest absolute Gasteiger partial charge is 0.238 e. The Balaban J connectivity index is 1.92. The maximum atomic E-state index is 16.4. The van der Waals surface area contributed by atoms with Crippen LogP contribution in [0.5, 0.6) is 0 Å². The van der Waals surface area contributed by atoms with Crippen molar-refractivity contribution in [3.05, 3.63) is 69.2 Å². The van der Waals surface area contributed by atoms with Crippen LogP contribution in [0.15, 0.2) is 36.4 Å². The molecule has 1 N–H and O–H groups in total. The van der Waals surface area contributed by atoms with Crippen molar-refractivity contribution in [3.8, 4) is 6.07 Å². The predicted molar refractivity (Wildman–Crippen MR) is 197 cm³/mol. The summed E-state index contributed by atoms with van der Waals surface area (Å²) in [4.78, 5) is 16.7. The van der Waals surface area contributed by atoms with Crippen LogP contribution in [0.1, 0.15) is 85.3 Å². The fourth-order valence-electron chi connectivity index (χ4n) is 7.10. The Labute approximate surface area is 308 Å². The van der Waals surface area contributed by atoms with E-state index in [1.807, 2.05) is 39.5 Å². The average Bonchev–Trinajstić information content (AvgIpc) is 3.46. The molecule has 2 heterocycles. The largest absolute Gasteiger partial charge is 0.416 e. The van der Waals surface area contributed by atoms with Crippen molar-refractivity contribution in [1.29, 1.82) is 5.26 Å². The number of carbonyl (C=O) groups excluding carboxylic acids is 1. The number of halogens is 4. The van der Waals surface area contributed by atoms with Gasteiger partial charge in [0.25, 0.3) is 0 Å². The van der Waals surface area contributed by atoms with E-state index in [0.29, 0.717) is 19.4 Å². The quantitative estimate of drug-likeness (QED) is 0.231. The number of hydrogen-bond acceptors (Lipinski definition) is 6. The van der Waals surface area contributed by atoms with Gasteiger partial charge >= 0.3 is 0 Å². The van der Waals surface area contributed by atoms with E-state index >= 15 is 8.78 Å². The standard InChI is InChI=1S/C38H53Cl2F2N3O4Si/c1-35(2,3)21-30-38(23-43,27-15-14-24(39)20-29(27)41)31(26-12-11-13-28(40)32(26)42)33(45(30)18-19-48-50(9,10)36(4,5)6)34(46)44-17-16-25-22-47-37(7,8)49-25/h11-15,20,25,30-31,33H,16-19,21-22H2,1-10H3,(H,44,46)/t25-,30?,31?,33?,38?/m0/s1. The molecular formula is C38H53Cl2F2N3O4Si. The van der Waals surface area contributed by atoms with E-state index in [0.717, 1.165) is 0 Å². The van der Waals surface area contributed by atoms with E-state index in [-0.39, 0.29) is 57.4 Å². The van der Waals surface area contributed by atoms with E-state index < -0.39 is 55.1 Å². The number of nitrogens with one attached hydrogen (secondary N) is 1. The van der Waals surface area contributed by atoms with Crippen molar-refractivity contribution in [3.63, 3.8) is 0 Å².